The molecule has 2 rings (SSSR count). The molecule has 0 spiro atoms. The van der Waals surface area contributed by atoms with Crippen LogP contribution in [-0.4, -0.2) is 12.1 Å². The second-order valence-corrected chi connectivity index (χ2v) is 4.60. The molecule has 1 fully saturated rings. The number of allylic oxidation sites excluding steroid dienone is 1. The molecule has 14 heavy (non-hydrogen) atoms. The molecule has 3 atom stereocenters. The number of halogens is 1. The smallest absolute Gasteiger partial charge is 0.360 e. The van der Waals surface area contributed by atoms with Crippen molar-refractivity contribution in [1.82, 2.24) is 0 Å². The second-order valence-electron chi connectivity index (χ2n) is 4.60. The maximum atomic E-state index is 13.4. The minimum atomic E-state index is -1.91. The molecule has 80 valence electrons. The average molecular weight is 200 g/mol. The first-order chi connectivity index (χ1) is 6.48. The summed E-state index contributed by atoms with van der Waals surface area (Å²) in [6, 6.07) is -1.91. The lowest BCUT2D eigenvalue weighted by atomic mass is 9.85. The van der Waals surface area contributed by atoms with Crippen molar-refractivity contribution in [2.24, 2.45) is 11.8 Å². The Balaban J connectivity index is 2.14. The highest BCUT2D eigenvalue weighted by Crippen LogP contribution is 2.40. The number of hydrogen-bond acceptors (Lipinski definition) is 2. The van der Waals surface area contributed by atoms with Gasteiger partial charge in [0.2, 0.25) is 0 Å². The molecule has 1 saturated heterocycles. The van der Waals surface area contributed by atoms with Gasteiger partial charge in [-0.3, -0.25) is 0 Å². The van der Waals surface area contributed by atoms with Crippen LogP contribution in [-0.2, 0) is 9.47 Å². The van der Waals surface area contributed by atoms with Gasteiger partial charge in [0.25, 0.3) is 0 Å². The molecule has 1 heterocycles. The van der Waals surface area contributed by atoms with Gasteiger partial charge in [-0.25, -0.2) is 0 Å². The average Bonchev–Trinajstić information content (AvgIpc) is 2.36. The molecule has 0 radical (unpaired) electrons. The van der Waals surface area contributed by atoms with Crippen LogP contribution in [0.1, 0.15) is 33.6 Å². The SMILES string of the molecule is CC(C)C1C=C2OC(C)(F)OC2CC1. The summed E-state index contributed by atoms with van der Waals surface area (Å²) in [5.41, 5.74) is 0. The van der Waals surface area contributed by atoms with Crippen molar-refractivity contribution in [3.8, 4) is 0 Å². The maximum Gasteiger partial charge on any atom is 0.360 e. The fourth-order valence-electron chi connectivity index (χ4n) is 2.12. The number of alkyl halides is 1. The largest absolute Gasteiger partial charge is 0.438 e. The lowest BCUT2D eigenvalue weighted by molar-refractivity contribution is -0.241. The Morgan fingerprint density at radius 3 is 2.86 bits per heavy atom. The van der Waals surface area contributed by atoms with Gasteiger partial charge in [0, 0.05) is 6.92 Å². The Bertz CT molecular complexity index is 258. The van der Waals surface area contributed by atoms with E-state index in [0.29, 0.717) is 17.6 Å². The second kappa shape index (κ2) is 3.23. The third-order valence-electron chi connectivity index (χ3n) is 2.97. The number of hydrogen-bond donors (Lipinski definition) is 0. The fourth-order valence-corrected chi connectivity index (χ4v) is 2.12. The van der Waals surface area contributed by atoms with Gasteiger partial charge in [0.05, 0.1) is 0 Å². The standard InChI is InChI=1S/C11H17FO2/c1-7(2)8-4-5-9-10(6-8)14-11(3,12)13-9/h6-9H,4-5H2,1-3H3. The van der Waals surface area contributed by atoms with Gasteiger partial charge in [-0.05, 0) is 30.8 Å². The topological polar surface area (TPSA) is 18.5 Å². The molecular formula is C11H17FO2. The van der Waals surface area contributed by atoms with E-state index in [2.05, 4.69) is 13.8 Å². The lowest BCUT2D eigenvalue weighted by Gasteiger charge is -2.23. The molecule has 0 aromatic rings. The Kier molecular flexibility index (Phi) is 2.30. The van der Waals surface area contributed by atoms with Crippen LogP contribution in [0.5, 0.6) is 0 Å². The van der Waals surface area contributed by atoms with E-state index in [1.165, 1.54) is 6.92 Å². The first-order valence-electron chi connectivity index (χ1n) is 5.25. The fraction of sp³-hybridized carbons (Fsp3) is 0.818. The summed E-state index contributed by atoms with van der Waals surface area (Å²) in [4.78, 5) is 0. The highest BCUT2D eigenvalue weighted by Gasteiger charge is 2.43. The molecule has 3 heteroatoms. The summed E-state index contributed by atoms with van der Waals surface area (Å²) in [5.74, 6) is 1.78. The zero-order valence-electron chi connectivity index (χ0n) is 8.92. The molecule has 0 amide bonds. The van der Waals surface area contributed by atoms with Gasteiger partial charge in [-0.2, -0.15) is 4.39 Å². The van der Waals surface area contributed by atoms with Gasteiger partial charge in [-0.1, -0.05) is 13.8 Å². The van der Waals surface area contributed by atoms with Gasteiger partial charge in [0.15, 0.2) is 0 Å². The van der Waals surface area contributed by atoms with Crippen LogP contribution in [0.15, 0.2) is 11.8 Å². The molecular weight excluding hydrogens is 183 g/mol. The summed E-state index contributed by atoms with van der Waals surface area (Å²) in [7, 11) is 0. The molecule has 0 aromatic carbocycles. The zero-order valence-corrected chi connectivity index (χ0v) is 8.92. The van der Waals surface area contributed by atoms with Crippen molar-refractivity contribution in [2.45, 2.75) is 45.8 Å². The van der Waals surface area contributed by atoms with Crippen molar-refractivity contribution >= 4 is 0 Å². The van der Waals surface area contributed by atoms with E-state index in [1.54, 1.807) is 0 Å². The molecule has 0 bridgehead atoms. The van der Waals surface area contributed by atoms with Crippen molar-refractivity contribution in [3.63, 3.8) is 0 Å². The van der Waals surface area contributed by atoms with E-state index in [9.17, 15) is 4.39 Å². The van der Waals surface area contributed by atoms with Crippen LogP contribution in [0, 0.1) is 11.8 Å². The van der Waals surface area contributed by atoms with E-state index in [0.717, 1.165) is 12.8 Å². The van der Waals surface area contributed by atoms with Crippen LogP contribution in [0.2, 0.25) is 0 Å². The van der Waals surface area contributed by atoms with Gasteiger partial charge in [0.1, 0.15) is 11.9 Å². The quantitative estimate of drug-likeness (QED) is 0.647. The molecule has 1 aliphatic carbocycles. The summed E-state index contributed by atoms with van der Waals surface area (Å²) in [6.45, 7) is 5.66. The van der Waals surface area contributed by atoms with Gasteiger partial charge < -0.3 is 9.47 Å². The first-order valence-corrected chi connectivity index (χ1v) is 5.25. The molecule has 1 aliphatic heterocycles. The third kappa shape index (κ3) is 1.78. The van der Waals surface area contributed by atoms with E-state index in [-0.39, 0.29) is 6.10 Å². The van der Waals surface area contributed by atoms with Gasteiger partial charge >= 0.3 is 6.04 Å². The van der Waals surface area contributed by atoms with E-state index in [4.69, 9.17) is 9.47 Å². The number of ether oxygens (including phenoxy) is 2. The maximum absolute atomic E-state index is 13.4. The predicted molar refractivity (Wildman–Crippen MR) is 51.1 cm³/mol. The monoisotopic (exact) mass is 200 g/mol. The summed E-state index contributed by atoms with van der Waals surface area (Å²) < 4.78 is 23.6. The predicted octanol–water partition coefficient (Wildman–Crippen LogP) is 2.99. The Labute approximate surface area is 84.1 Å². The van der Waals surface area contributed by atoms with Gasteiger partial charge in [-0.15, -0.1) is 0 Å². The highest BCUT2D eigenvalue weighted by atomic mass is 19.2. The summed E-state index contributed by atoms with van der Waals surface area (Å²) in [6.07, 6.45) is 3.81. The Hall–Kier alpha value is -0.570. The minimum Gasteiger partial charge on any atom is -0.438 e. The highest BCUT2D eigenvalue weighted by molar-refractivity contribution is 5.11. The van der Waals surface area contributed by atoms with Crippen LogP contribution < -0.4 is 0 Å². The van der Waals surface area contributed by atoms with Crippen LogP contribution in [0.25, 0.3) is 0 Å². The van der Waals surface area contributed by atoms with E-state index < -0.39 is 6.04 Å². The molecule has 0 saturated carbocycles. The molecule has 3 unspecified atom stereocenters. The van der Waals surface area contributed by atoms with Crippen molar-refractivity contribution < 1.29 is 13.9 Å². The summed E-state index contributed by atoms with van der Waals surface area (Å²) >= 11 is 0. The van der Waals surface area contributed by atoms with Crippen LogP contribution in [0.4, 0.5) is 4.39 Å². The molecule has 0 N–H and O–H groups in total. The van der Waals surface area contributed by atoms with Crippen molar-refractivity contribution in [2.75, 3.05) is 0 Å². The minimum absolute atomic E-state index is 0.153. The summed E-state index contributed by atoms with van der Waals surface area (Å²) in [5, 5.41) is 0. The first kappa shape index (κ1) is 9.97. The van der Waals surface area contributed by atoms with E-state index >= 15 is 0 Å². The Morgan fingerprint density at radius 1 is 1.50 bits per heavy atom. The van der Waals surface area contributed by atoms with Crippen LogP contribution >= 0.6 is 0 Å². The Morgan fingerprint density at radius 2 is 2.21 bits per heavy atom. The molecule has 2 aliphatic rings. The number of rotatable bonds is 1. The van der Waals surface area contributed by atoms with E-state index in [1.807, 2.05) is 6.08 Å². The zero-order chi connectivity index (χ0) is 10.3. The van der Waals surface area contributed by atoms with Crippen molar-refractivity contribution in [1.29, 1.82) is 0 Å². The normalized spacial score (nSPS) is 41.9. The third-order valence-corrected chi connectivity index (χ3v) is 2.97. The lowest BCUT2D eigenvalue weighted by Crippen LogP contribution is -2.21. The van der Waals surface area contributed by atoms with Crippen LogP contribution in [0.3, 0.4) is 0 Å². The van der Waals surface area contributed by atoms with Crippen molar-refractivity contribution in [3.05, 3.63) is 11.8 Å². The molecule has 2 nitrogen and oxygen atoms in total. The molecule has 0 aromatic heterocycles. The number of fused-ring (bicyclic) bond motifs is 1.